The second-order valence-corrected chi connectivity index (χ2v) is 9.29. The Balaban J connectivity index is 1.32. The van der Waals surface area contributed by atoms with E-state index in [1.165, 1.54) is 0 Å². The van der Waals surface area contributed by atoms with E-state index in [1.54, 1.807) is 54.6 Å². The summed E-state index contributed by atoms with van der Waals surface area (Å²) in [6.45, 7) is 2.04. The molecule has 3 amide bonds. The molecule has 9 heteroatoms. The van der Waals surface area contributed by atoms with Gasteiger partial charge in [0.1, 0.15) is 18.1 Å². The van der Waals surface area contributed by atoms with E-state index in [0.29, 0.717) is 27.0 Å². The molecule has 3 aromatic rings. The normalized spacial score (nSPS) is 14.3. The van der Waals surface area contributed by atoms with Gasteiger partial charge in [-0.3, -0.25) is 19.3 Å². The quantitative estimate of drug-likeness (QED) is 0.358. The first kappa shape index (κ1) is 25.3. The number of nitrogens with zero attached hydrogens (tertiary/aromatic N) is 1. The molecule has 0 unspecified atom stereocenters. The smallest absolute Gasteiger partial charge is 0.293 e. The molecular weight excluding hydrogens is 500 g/mol. The Morgan fingerprint density at radius 2 is 1.78 bits per heavy atom. The number of nitrogens with one attached hydrogen (secondary N) is 1. The van der Waals surface area contributed by atoms with Crippen LogP contribution < -0.4 is 14.8 Å². The molecule has 36 heavy (non-hydrogen) atoms. The van der Waals surface area contributed by atoms with Crippen molar-refractivity contribution in [2.45, 2.75) is 6.92 Å². The van der Waals surface area contributed by atoms with Gasteiger partial charge in [0, 0.05) is 10.7 Å². The van der Waals surface area contributed by atoms with Gasteiger partial charge in [0.2, 0.25) is 0 Å². The number of hydrogen-bond acceptors (Lipinski definition) is 6. The van der Waals surface area contributed by atoms with Gasteiger partial charge in [-0.25, -0.2) is 0 Å². The number of carbonyl (C=O) groups is 3. The largest absolute Gasteiger partial charge is 0.492 e. The Morgan fingerprint density at radius 3 is 2.56 bits per heavy atom. The van der Waals surface area contributed by atoms with E-state index < -0.39 is 0 Å². The number of imide groups is 1. The highest BCUT2D eigenvalue weighted by molar-refractivity contribution is 8.18. The van der Waals surface area contributed by atoms with Crippen LogP contribution in [0.5, 0.6) is 11.5 Å². The van der Waals surface area contributed by atoms with E-state index in [1.807, 2.05) is 31.2 Å². The number of aryl methyl sites for hydroxylation is 1. The summed E-state index contributed by atoms with van der Waals surface area (Å²) in [5.74, 6) is 0.413. The summed E-state index contributed by atoms with van der Waals surface area (Å²) < 4.78 is 11.2. The lowest BCUT2D eigenvalue weighted by atomic mass is 10.2. The number of para-hydroxylation sites is 1. The lowest BCUT2D eigenvalue weighted by Gasteiger charge is -2.13. The minimum Gasteiger partial charge on any atom is -0.492 e. The maximum absolute atomic E-state index is 12.8. The number of anilines is 1. The molecule has 1 heterocycles. The van der Waals surface area contributed by atoms with Crippen molar-refractivity contribution in [3.05, 3.63) is 93.9 Å². The van der Waals surface area contributed by atoms with Gasteiger partial charge in [0.25, 0.3) is 17.1 Å². The lowest BCUT2D eigenvalue weighted by Crippen LogP contribution is -2.32. The van der Waals surface area contributed by atoms with E-state index in [9.17, 15) is 14.4 Å². The number of ether oxygens (including phenoxy) is 2. The Kier molecular flexibility index (Phi) is 8.30. The van der Waals surface area contributed by atoms with Crippen molar-refractivity contribution < 1.29 is 23.9 Å². The maximum atomic E-state index is 12.8. The number of halogens is 1. The molecule has 1 fully saturated rings. The van der Waals surface area contributed by atoms with Crippen LogP contribution in [0, 0.1) is 6.92 Å². The number of hydrogen-bond donors (Lipinski definition) is 1. The summed E-state index contributed by atoms with van der Waals surface area (Å²) in [5, 5.41) is 3.06. The predicted octanol–water partition coefficient (Wildman–Crippen LogP) is 5.78. The third kappa shape index (κ3) is 6.68. The van der Waals surface area contributed by atoms with Crippen LogP contribution in [0.4, 0.5) is 10.5 Å². The first-order valence-corrected chi connectivity index (χ1v) is 12.3. The van der Waals surface area contributed by atoms with Crippen molar-refractivity contribution in [2.75, 3.05) is 25.1 Å². The zero-order valence-electron chi connectivity index (χ0n) is 19.4. The number of amides is 3. The van der Waals surface area contributed by atoms with Gasteiger partial charge >= 0.3 is 0 Å². The maximum Gasteiger partial charge on any atom is 0.293 e. The minimum absolute atomic E-state index is 0.129. The van der Waals surface area contributed by atoms with Crippen molar-refractivity contribution in [3.8, 4) is 11.5 Å². The molecule has 0 aromatic heterocycles. The molecule has 1 saturated heterocycles. The lowest BCUT2D eigenvalue weighted by molar-refractivity contribution is -0.123. The van der Waals surface area contributed by atoms with Crippen LogP contribution in [-0.2, 0) is 9.59 Å². The average molecular weight is 523 g/mol. The highest BCUT2D eigenvalue weighted by Crippen LogP contribution is 2.32. The van der Waals surface area contributed by atoms with E-state index in [4.69, 9.17) is 21.1 Å². The number of benzene rings is 3. The van der Waals surface area contributed by atoms with Gasteiger partial charge < -0.3 is 14.8 Å². The van der Waals surface area contributed by atoms with Crippen LogP contribution in [0.1, 0.15) is 11.1 Å². The fourth-order valence-corrected chi connectivity index (χ4v) is 4.36. The molecule has 0 atom stereocenters. The van der Waals surface area contributed by atoms with E-state index in [0.717, 1.165) is 27.9 Å². The predicted molar refractivity (Wildman–Crippen MR) is 141 cm³/mol. The number of carbonyl (C=O) groups excluding carboxylic acids is 3. The van der Waals surface area contributed by atoms with Gasteiger partial charge in [0.05, 0.1) is 11.4 Å². The summed E-state index contributed by atoms with van der Waals surface area (Å²) in [6.07, 6.45) is 1.63. The Hall–Kier alpha value is -3.75. The van der Waals surface area contributed by atoms with E-state index >= 15 is 0 Å². The van der Waals surface area contributed by atoms with E-state index in [-0.39, 0.29) is 36.8 Å². The SMILES string of the molecule is Cc1ccccc1NC(=O)COc1cccc(/C=C2\SC(=O)N(CCOc3ccc(Cl)cc3)C2=O)c1. The summed E-state index contributed by atoms with van der Waals surface area (Å²) in [7, 11) is 0. The molecule has 4 rings (SSSR count). The second-order valence-electron chi connectivity index (χ2n) is 7.86. The molecular formula is C27H23ClN2O5S. The molecule has 0 aliphatic carbocycles. The molecule has 1 aliphatic rings. The Bertz CT molecular complexity index is 1310. The van der Waals surface area contributed by atoms with Crippen molar-refractivity contribution in [2.24, 2.45) is 0 Å². The average Bonchev–Trinajstić information content (AvgIpc) is 3.13. The van der Waals surface area contributed by atoms with Gasteiger partial charge in [-0.2, -0.15) is 0 Å². The fraction of sp³-hybridized carbons (Fsp3) is 0.148. The monoisotopic (exact) mass is 522 g/mol. The first-order valence-electron chi connectivity index (χ1n) is 11.1. The van der Waals surface area contributed by atoms with Crippen molar-refractivity contribution in [1.82, 2.24) is 4.90 Å². The number of rotatable bonds is 9. The molecule has 184 valence electrons. The molecule has 0 saturated carbocycles. The van der Waals surface area contributed by atoms with E-state index in [2.05, 4.69) is 5.32 Å². The molecule has 7 nitrogen and oxygen atoms in total. The summed E-state index contributed by atoms with van der Waals surface area (Å²) in [6, 6.07) is 21.3. The van der Waals surface area contributed by atoms with Crippen LogP contribution in [0.2, 0.25) is 5.02 Å². The van der Waals surface area contributed by atoms with Crippen LogP contribution in [0.25, 0.3) is 6.08 Å². The Labute approximate surface area is 218 Å². The third-order valence-electron chi connectivity index (χ3n) is 5.22. The molecule has 0 bridgehead atoms. The van der Waals surface area contributed by atoms with Gasteiger partial charge in [-0.15, -0.1) is 0 Å². The molecule has 3 aromatic carbocycles. The van der Waals surface area contributed by atoms with Crippen LogP contribution >= 0.6 is 23.4 Å². The third-order valence-corrected chi connectivity index (χ3v) is 6.38. The van der Waals surface area contributed by atoms with Crippen molar-refractivity contribution in [1.29, 1.82) is 0 Å². The zero-order valence-corrected chi connectivity index (χ0v) is 21.0. The van der Waals surface area contributed by atoms with Crippen LogP contribution in [-0.4, -0.2) is 41.7 Å². The summed E-state index contributed by atoms with van der Waals surface area (Å²) in [5.41, 5.74) is 2.36. The molecule has 0 spiro atoms. The van der Waals surface area contributed by atoms with Crippen molar-refractivity contribution >= 4 is 52.2 Å². The number of thioether (sulfide) groups is 1. The fourth-order valence-electron chi connectivity index (χ4n) is 3.37. The van der Waals surface area contributed by atoms with Gasteiger partial charge in [-0.1, -0.05) is 41.9 Å². The minimum atomic E-state index is -0.381. The highest BCUT2D eigenvalue weighted by Gasteiger charge is 2.34. The summed E-state index contributed by atoms with van der Waals surface area (Å²) in [4.78, 5) is 38.9. The van der Waals surface area contributed by atoms with Crippen LogP contribution in [0.3, 0.4) is 0 Å². The van der Waals surface area contributed by atoms with Crippen LogP contribution in [0.15, 0.2) is 77.7 Å². The Morgan fingerprint density at radius 1 is 1.00 bits per heavy atom. The molecule has 1 N–H and O–H groups in total. The summed E-state index contributed by atoms with van der Waals surface area (Å²) >= 11 is 6.73. The first-order chi connectivity index (χ1) is 17.4. The van der Waals surface area contributed by atoms with Gasteiger partial charge in [0.15, 0.2) is 6.61 Å². The zero-order chi connectivity index (χ0) is 25.5. The highest BCUT2D eigenvalue weighted by atomic mass is 35.5. The standard InChI is InChI=1S/C27H23ClN2O5S/c1-18-5-2-3-8-23(18)29-25(31)17-35-22-7-4-6-19(15-22)16-24-26(32)30(27(33)36-24)13-14-34-21-11-9-20(28)10-12-21/h2-12,15-16H,13-14,17H2,1H3,(H,29,31)/b24-16-. The van der Waals surface area contributed by atoms with Gasteiger partial charge in [-0.05, 0) is 78.4 Å². The molecule has 0 radical (unpaired) electrons. The second kappa shape index (κ2) is 11.8. The topological polar surface area (TPSA) is 84.9 Å². The molecule has 1 aliphatic heterocycles. The van der Waals surface area contributed by atoms with Crippen molar-refractivity contribution in [3.63, 3.8) is 0 Å².